The van der Waals surface area contributed by atoms with Gasteiger partial charge in [0.05, 0.1) is 13.3 Å². The van der Waals surface area contributed by atoms with Crippen LogP contribution < -0.4 is 16.2 Å². The molecule has 0 fully saturated rings. The quantitative estimate of drug-likeness (QED) is 0.236. The smallest absolute Gasteiger partial charge is 0.366 e. The van der Waals surface area contributed by atoms with E-state index in [-0.39, 0.29) is 4.85 Å². The van der Waals surface area contributed by atoms with Crippen LogP contribution >= 0.6 is 0 Å². The van der Waals surface area contributed by atoms with E-state index in [1.165, 1.54) is 6.21 Å². The summed E-state index contributed by atoms with van der Waals surface area (Å²) in [6.07, 6.45) is 1.34. The van der Waals surface area contributed by atoms with Crippen molar-refractivity contribution in [1.29, 1.82) is 0 Å². The Labute approximate surface area is 87.0 Å². The Kier molecular flexibility index (Phi) is 3.50. The summed E-state index contributed by atoms with van der Waals surface area (Å²) in [6, 6.07) is 7.07. The lowest BCUT2D eigenvalue weighted by Gasteiger charge is -2.03. The van der Waals surface area contributed by atoms with Gasteiger partial charge in [-0.1, -0.05) is 12.1 Å². The Morgan fingerprint density at radius 2 is 2.27 bits per heavy atom. The number of hydrogen-bond donors (Lipinski definition) is 2. The van der Waals surface area contributed by atoms with Gasteiger partial charge in [-0.2, -0.15) is 0 Å². The third kappa shape index (κ3) is 3.18. The summed E-state index contributed by atoms with van der Waals surface area (Å²) in [4.78, 5) is 0.138. The lowest BCUT2D eigenvalue weighted by Crippen LogP contribution is -2.30. The van der Waals surface area contributed by atoms with Gasteiger partial charge in [-0.15, -0.1) is 9.95 Å². The van der Waals surface area contributed by atoms with Crippen molar-refractivity contribution in [1.82, 2.24) is 0 Å². The van der Waals surface area contributed by atoms with Gasteiger partial charge in [0.1, 0.15) is 5.75 Å². The highest BCUT2D eigenvalue weighted by Gasteiger charge is 1.93. The Balaban J connectivity index is 2.85. The Morgan fingerprint density at radius 3 is 2.87 bits per heavy atom. The van der Waals surface area contributed by atoms with E-state index >= 15 is 0 Å². The van der Waals surface area contributed by atoms with E-state index < -0.39 is 5.96 Å². The number of hydrogen-bond acceptors (Lipinski definition) is 3. The minimum Gasteiger partial charge on any atom is -0.722 e. The lowest BCUT2D eigenvalue weighted by molar-refractivity contribution is -0.463. The van der Waals surface area contributed by atoms with Gasteiger partial charge in [0.25, 0.3) is 0 Å². The molecule has 0 heterocycles. The van der Waals surface area contributed by atoms with Crippen molar-refractivity contribution in [3.63, 3.8) is 0 Å². The number of benzene rings is 1. The Morgan fingerprint density at radius 1 is 1.53 bits per heavy atom. The zero-order valence-electron chi connectivity index (χ0n) is 8.25. The van der Waals surface area contributed by atoms with Crippen LogP contribution in [0.15, 0.2) is 29.4 Å². The third-order valence-corrected chi connectivity index (χ3v) is 1.63. The molecule has 1 rings (SSSR count). The molecule has 0 amide bonds. The molecule has 0 saturated carbocycles. The summed E-state index contributed by atoms with van der Waals surface area (Å²) in [5.41, 5.74) is 10.8. The minimum atomic E-state index is -0.408. The fourth-order valence-electron chi connectivity index (χ4n) is 0.908. The molecule has 6 heteroatoms. The fraction of sp³-hybridized carbons (Fsp3) is 0.111. The molecular formula is C9H12N4O2. The van der Waals surface area contributed by atoms with Crippen molar-refractivity contribution in [3.05, 3.63) is 35.0 Å². The summed E-state index contributed by atoms with van der Waals surface area (Å²) >= 11 is 0. The maximum Gasteiger partial charge on any atom is 0.366 e. The number of guanidine groups is 1. The van der Waals surface area contributed by atoms with Crippen molar-refractivity contribution < 1.29 is 9.58 Å². The van der Waals surface area contributed by atoms with Gasteiger partial charge in [0.2, 0.25) is 0 Å². The summed E-state index contributed by atoms with van der Waals surface area (Å²) in [5.74, 6) is 0.273. The number of methoxy groups -OCH3 is 1. The second-order valence-corrected chi connectivity index (χ2v) is 2.72. The minimum absolute atomic E-state index is 0.138. The molecule has 15 heavy (non-hydrogen) atoms. The topological polar surface area (TPSA) is 99.7 Å². The molecule has 6 nitrogen and oxygen atoms in total. The molecule has 80 valence electrons. The average Bonchev–Trinajstić information content (AvgIpc) is 2.26. The van der Waals surface area contributed by atoms with Gasteiger partial charge in [0.15, 0.2) is 0 Å². The largest absolute Gasteiger partial charge is 0.722 e. The molecule has 0 bridgehead atoms. The zero-order valence-corrected chi connectivity index (χ0v) is 8.25. The summed E-state index contributed by atoms with van der Waals surface area (Å²) in [5, 5.41) is 14.4. The molecule has 0 radical (unpaired) electrons. The maximum atomic E-state index is 10.9. The Hall–Kier alpha value is -2.24. The highest BCUT2D eigenvalue weighted by atomic mass is 16.5. The number of nitrogens with two attached hydrogens (primary N) is 2. The second-order valence-electron chi connectivity index (χ2n) is 2.72. The van der Waals surface area contributed by atoms with Crippen molar-refractivity contribution in [2.24, 2.45) is 16.6 Å². The van der Waals surface area contributed by atoms with E-state index in [0.717, 1.165) is 5.56 Å². The first-order valence-electron chi connectivity index (χ1n) is 4.16. The van der Waals surface area contributed by atoms with Crippen molar-refractivity contribution >= 4 is 12.2 Å². The van der Waals surface area contributed by atoms with Gasteiger partial charge in [-0.25, -0.2) is 0 Å². The van der Waals surface area contributed by atoms with Crippen LogP contribution in [0.5, 0.6) is 5.75 Å². The van der Waals surface area contributed by atoms with E-state index in [0.29, 0.717) is 5.75 Å². The van der Waals surface area contributed by atoms with E-state index in [1.807, 2.05) is 0 Å². The molecule has 1 aromatic carbocycles. The van der Waals surface area contributed by atoms with E-state index in [9.17, 15) is 5.21 Å². The molecule has 1 aromatic rings. The molecule has 0 saturated heterocycles. The molecule has 0 spiro atoms. The fourth-order valence-corrected chi connectivity index (χ4v) is 0.908. The Bertz CT molecular complexity index is 397. The molecule has 4 N–H and O–H groups in total. The summed E-state index contributed by atoms with van der Waals surface area (Å²) in [7, 11) is 1.56. The highest BCUT2D eigenvalue weighted by molar-refractivity contribution is 5.80. The first kappa shape index (κ1) is 10.8. The average molecular weight is 208 g/mol. The highest BCUT2D eigenvalue weighted by Crippen LogP contribution is 2.10. The van der Waals surface area contributed by atoms with E-state index in [4.69, 9.17) is 16.2 Å². The molecular weight excluding hydrogens is 196 g/mol. The summed E-state index contributed by atoms with van der Waals surface area (Å²) in [6.45, 7) is 0. The van der Waals surface area contributed by atoms with Crippen molar-refractivity contribution in [3.8, 4) is 5.75 Å². The monoisotopic (exact) mass is 208 g/mol. The van der Waals surface area contributed by atoms with Gasteiger partial charge in [-0.3, -0.25) is 11.5 Å². The second kappa shape index (κ2) is 4.85. The molecule has 0 aliphatic heterocycles. The normalized spacial score (nSPS) is 10.2. The molecule has 0 unspecified atom stereocenters. The SMILES string of the molecule is COc1cccc(/C=N/[N+]([O-])=C(N)N)c1. The number of rotatable bonds is 3. The van der Waals surface area contributed by atoms with Crippen LogP contribution in [-0.2, 0) is 0 Å². The molecule has 0 atom stereocenters. The summed E-state index contributed by atoms with van der Waals surface area (Å²) < 4.78 is 5.00. The molecule has 0 aromatic heterocycles. The molecule has 0 aliphatic carbocycles. The molecule has 0 aliphatic rings. The lowest BCUT2D eigenvalue weighted by atomic mass is 10.2. The standard InChI is InChI=1S/C9H12N4O2/c1-15-8-4-2-3-7(5-8)6-12-13(14)9(10)11/h2-6H,10-11H2,1H3/b12-6+. The van der Waals surface area contributed by atoms with Crippen LogP contribution in [0.2, 0.25) is 0 Å². The predicted octanol–water partition coefficient (Wildman–Crippen LogP) is -0.187. The van der Waals surface area contributed by atoms with Crippen LogP contribution in [0.1, 0.15) is 5.56 Å². The van der Waals surface area contributed by atoms with Crippen molar-refractivity contribution in [2.75, 3.05) is 7.11 Å². The predicted molar refractivity (Wildman–Crippen MR) is 57.6 cm³/mol. The van der Waals surface area contributed by atoms with Crippen LogP contribution in [0.25, 0.3) is 0 Å². The first-order chi connectivity index (χ1) is 7.13. The van der Waals surface area contributed by atoms with Gasteiger partial charge < -0.3 is 9.94 Å². The number of hydrazone groups is 1. The van der Waals surface area contributed by atoms with Gasteiger partial charge in [-0.05, 0) is 17.7 Å². The maximum absolute atomic E-state index is 10.9. The van der Waals surface area contributed by atoms with E-state index in [2.05, 4.69) is 5.10 Å². The number of nitrogens with zero attached hydrogens (tertiary/aromatic N) is 2. The van der Waals surface area contributed by atoms with Crippen LogP contribution in [0, 0.1) is 5.21 Å². The van der Waals surface area contributed by atoms with Crippen LogP contribution in [-0.4, -0.2) is 24.1 Å². The van der Waals surface area contributed by atoms with Crippen LogP contribution in [0.4, 0.5) is 0 Å². The number of ether oxygens (including phenoxy) is 1. The third-order valence-electron chi connectivity index (χ3n) is 1.63. The first-order valence-corrected chi connectivity index (χ1v) is 4.16. The zero-order chi connectivity index (χ0) is 11.3. The van der Waals surface area contributed by atoms with Gasteiger partial charge in [0, 0.05) is 0 Å². The van der Waals surface area contributed by atoms with Crippen LogP contribution in [0.3, 0.4) is 0 Å². The van der Waals surface area contributed by atoms with Gasteiger partial charge >= 0.3 is 5.96 Å². The van der Waals surface area contributed by atoms with Crippen molar-refractivity contribution in [2.45, 2.75) is 0 Å². The van der Waals surface area contributed by atoms with E-state index in [1.54, 1.807) is 31.4 Å².